The molecule has 0 aromatic rings. The zero-order valence-electron chi connectivity index (χ0n) is 7.77. The molecule has 0 radical (unpaired) electrons. The molecule has 1 saturated carbocycles. The first-order chi connectivity index (χ1) is 6.07. The Kier molecular flexibility index (Phi) is 1.42. The summed E-state index contributed by atoms with van der Waals surface area (Å²) in [6.45, 7) is 3.74. The van der Waals surface area contributed by atoms with Gasteiger partial charge in [0.2, 0.25) is 0 Å². The van der Waals surface area contributed by atoms with Crippen molar-refractivity contribution < 1.29 is 19.3 Å². The van der Waals surface area contributed by atoms with E-state index in [4.69, 9.17) is 14.2 Å². The summed E-state index contributed by atoms with van der Waals surface area (Å²) in [7, 11) is 0. The molecule has 4 heteroatoms. The monoisotopic (exact) mass is 186 g/mol. The summed E-state index contributed by atoms with van der Waals surface area (Å²) in [6.07, 6.45) is 0.354. The minimum Gasteiger partial charge on any atom is -0.390 e. The van der Waals surface area contributed by atoms with Crippen LogP contribution in [0.3, 0.4) is 0 Å². The molecule has 3 aliphatic rings. The maximum Gasteiger partial charge on any atom is 0.164 e. The van der Waals surface area contributed by atoms with E-state index in [1.54, 1.807) is 0 Å². The van der Waals surface area contributed by atoms with Crippen molar-refractivity contribution in [3.05, 3.63) is 0 Å². The Hall–Kier alpha value is -0.160. The van der Waals surface area contributed by atoms with Gasteiger partial charge >= 0.3 is 0 Å². The lowest BCUT2D eigenvalue weighted by Crippen LogP contribution is -2.43. The summed E-state index contributed by atoms with van der Waals surface area (Å²) in [5, 5.41) is 9.72. The third-order valence-electron chi connectivity index (χ3n) is 2.96. The van der Waals surface area contributed by atoms with Gasteiger partial charge in [-0.3, -0.25) is 0 Å². The minimum atomic E-state index is -0.572. The first-order valence-electron chi connectivity index (χ1n) is 4.76. The number of aliphatic hydroxyl groups excluding tert-OH is 1. The lowest BCUT2D eigenvalue weighted by molar-refractivity contribution is -0.155. The fourth-order valence-corrected chi connectivity index (χ4v) is 2.38. The second kappa shape index (κ2) is 2.25. The van der Waals surface area contributed by atoms with Gasteiger partial charge in [0.1, 0.15) is 18.3 Å². The second-order valence-electron chi connectivity index (χ2n) is 4.51. The number of fused-ring (bicyclic) bond motifs is 3. The van der Waals surface area contributed by atoms with Gasteiger partial charge in [-0.15, -0.1) is 0 Å². The van der Waals surface area contributed by atoms with Crippen LogP contribution >= 0.6 is 0 Å². The molecule has 1 aliphatic carbocycles. The third-order valence-corrected chi connectivity index (χ3v) is 2.96. The Labute approximate surface area is 76.8 Å². The van der Waals surface area contributed by atoms with Gasteiger partial charge in [-0.25, -0.2) is 0 Å². The van der Waals surface area contributed by atoms with Crippen LogP contribution in [0.25, 0.3) is 0 Å². The highest BCUT2D eigenvalue weighted by Crippen LogP contribution is 2.45. The molecule has 3 rings (SSSR count). The van der Waals surface area contributed by atoms with E-state index >= 15 is 0 Å². The van der Waals surface area contributed by atoms with Crippen LogP contribution in [0.15, 0.2) is 0 Å². The van der Waals surface area contributed by atoms with Crippen LogP contribution in [0.4, 0.5) is 0 Å². The molecule has 13 heavy (non-hydrogen) atoms. The predicted octanol–water partition coefficient (Wildman–Crippen LogP) is 0.0385. The third kappa shape index (κ3) is 1.13. The first-order valence-corrected chi connectivity index (χ1v) is 4.76. The van der Waals surface area contributed by atoms with E-state index in [0.717, 1.165) is 0 Å². The largest absolute Gasteiger partial charge is 0.390 e. The van der Waals surface area contributed by atoms with Crippen LogP contribution in [0, 0.1) is 0 Å². The Morgan fingerprint density at radius 3 is 2.62 bits per heavy atom. The van der Waals surface area contributed by atoms with Crippen LogP contribution in [0.2, 0.25) is 0 Å². The smallest absolute Gasteiger partial charge is 0.164 e. The molecule has 0 spiro atoms. The standard InChI is InChI=1S/C9H14O4/c1-9(2)12-6-4(10)3-5-7(11-5)8(6)13-9/h4-8,10H,3H2,1-2H3. The fourth-order valence-electron chi connectivity index (χ4n) is 2.38. The van der Waals surface area contributed by atoms with Crippen molar-refractivity contribution in [2.75, 3.05) is 0 Å². The highest BCUT2D eigenvalue weighted by Gasteiger charge is 2.61. The van der Waals surface area contributed by atoms with Gasteiger partial charge in [-0.1, -0.05) is 0 Å². The van der Waals surface area contributed by atoms with E-state index in [2.05, 4.69) is 0 Å². The summed E-state index contributed by atoms with van der Waals surface area (Å²) >= 11 is 0. The van der Waals surface area contributed by atoms with E-state index in [9.17, 15) is 5.11 Å². The van der Waals surface area contributed by atoms with E-state index in [0.29, 0.717) is 6.42 Å². The molecule has 0 aromatic carbocycles. The second-order valence-corrected chi connectivity index (χ2v) is 4.51. The molecule has 5 atom stereocenters. The Morgan fingerprint density at radius 2 is 1.85 bits per heavy atom. The van der Waals surface area contributed by atoms with Crippen LogP contribution in [0.1, 0.15) is 20.3 Å². The quantitative estimate of drug-likeness (QED) is 0.543. The first kappa shape index (κ1) is 8.17. The Bertz CT molecular complexity index is 232. The van der Waals surface area contributed by atoms with E-state index < -0.39 is 11.9 Å². The van der Waals surface area contributed by atoms with Crippen molar-refractivity contribution in [1.29, 1.82) is 0 Å². The average molecular weight is 186 g/mol. The summed E-state index contributed by atoms with van der Waals surface area (Å²) in [5.74, 6) is -0.572. The van der Waals surface area contributed by atoms with Crippen LogP contribution in [0.5, 0.6) is 0 Å². The topological polar surface area (TPSA) is 51.2 Å². The summed E-state index contributed by atoms with van der Waals surface area (Å²) in [4.78, 5) is 0. The van der Waals surface area contributed by atoms with E-state index in [1.807, 2.05) is 13.8 Å². The summed E-state index contributed by atoms with van der Waals surface area (Å²) in [6, 6.07) is 0. The molecule has 1 N–H and O–H groups in total. The van der Waals surface area contributed by atoms with Crippen molar-refractivity contribution in [1.82, 2.24) is 0 Å². The van der Waals surface area contributed by atoms with Crippen molar-refractivity contribution in [2.24, 2.45) is 0 Å². The lowest BCUT2D eigenvalue weighted by atomic mass is 9.92. The molecule has 5 unspecified atom stereocenters. The molecule has 2 aliphatic heterocycles. The molecular formula is C9H14O4. The fraction of sp³-hybridized carbons (Fsp3) is 1.00. The Morgan fingerprint density at radius 1 is 1.15 bits per heavy atom. The van der Waals surface area contributed by atoms with Crippen molar-refractivity contribution >= 4 is 0 Å². The minimum absolute atomic E-state index is 0.0660. The normalized spacial score (nSPS) is 57.0. The van der Waals surface area contributed by atoms with Gasteiger partial charge in [0.25, 0.3) is 0 Å². The van der Waals surface area contributed by atoms with Crippen molar-refractivity contribution in [3.8, 4) is 0 Å². The van der Waals surface area contributed by atoms with Gasteiger partial charge in [0.05, 0.1) is 12.2 Å². The zero-order chi connectivity index (χ0) is 9.22. The molecule has 0 amide bonds. The molecular weight excluding hydrogens is 172 g/mol. The molecule has 2 saturated heterocycles. The zero-order valence-corrected chi connectivity index (χ0v) is 7.77. The van der Waals surface area contributed by atoms with Crippen molar-refractivity contribution in [2.45, 2.75) is 56.6 Å². The van der Waals surface area contributed by atoms with E-state index in [1.165, 1.54) is 0 Å². The average Bonchev–Trinajstić information content (AvgIpc) is 2.68. The van der Waals surface area contributed by atoms with Gasteiger partial charge < -0.3 is 19.3 Å². The molecule has 74 valence electrons. The van der Waals surface area contributed by atoms with Crippen LogP contribution in [-0.4, -0.2) is 41.4 Å². The molecule has 4 nitrogen and oxygen atoms in total. The summed E-state index contributed by atoms with van der Waals surface area (Å²) in [5.41, 5.74) is 0. The van der Waals surface area contributed by atoms with Crippen LogP contribution < -0.4 is 0 Å². The number of hydrogen-bond donors (Lipinski definition) is 1. The molecule has 2 heterocycles. The number of ether oxygens (including phenoxy) is 3. The van der Waals surface area contributed by atoms with E-state index in [-0.39, 0.29) is 24.4 Å². The Balaban J connectivity index is 1.85. The van der Waals surface area contributed by atoms with Crippen molar-refractivity contribution in [3.63, 3.8) is 0 Å². The maximum atomic E-state index is 9.72. The predicted molar refractivity (Wildman–Crippen MR) is 43.1 cm³/mol. The van der Waals surface area contributed by atoms with Gasteiger partial charge in [-0.05, 0) is 13.8 Å². The highest BCUT2D eigenvalue weighted by atomic mass is 16.8. The molecule has 0 aromatic heterocycles. The SMILES string of the molecule is CC1(C)OC2C(O)CC3OC3C2O1. The molecule has 3 fully saturated rings. The number of epoxide rings is 1. The van der Waals surface area contributed by atoms with Gasteiger partial charge in [0, 0.05) is 6.42 Å². The van der Waals surface area contributed by atoms with Gasteiger partial charge in [-0.2, -0.15) is 0 Å². The number of aliphatic hydroxyl groups is 1. The maximum absolute atomic E-state index is 9.72. The molecule has 0 bridgehead atoms. The summed E-state index contributed by atoms with van der Waals surface area (Å²) < 4.78 is 16.7. The van der Waals surface area contributed by atoms with Crippen LogP contribution in [-0.2, 0) is 14.2 Å². The number of hydrogen-bond acceptors (Lipinski definition) is 4. The lowest BCUT2D eigenvalue weighted by Gasteiger charge is -2.24. The van der Waals surface area contributed by atoms with Gasteiger partial charge in [0.15, 0.2) is 5.79 Å². The highest BCUT2D eigenvalue weighted by molar-refractivity contribution is 5.07. The number of rotatable bonds is 0.